The van der Waals surface area contributed by atoms with Gasteiger partial charge in [0, 0.05) is 63.6 Å². The van der Waals surface area contributed by atoms with Crippen molar-refractivity contribution in [2.45, 2.75) is 44.0 Å². The number of aryl methyl sites for hydroxylation is 1. The molecular weight excluding hydrogens is 324 g/mol. The van der Waals surface area contributed by atoms with E-state index < -0.39 is 0 Å². The Balaban J connectivity index is 1.29. The molecule has 4 heterocycles. The molecule has 2 fully saturated rings. The molecule has 5 nitrogen and oxygen atoms in total. The fourth-order valence-electron chi connectivity index (χ4n) is 4.37. The maximum Gasteiger partial charge on any atom is 0.0723 e. The van der Waals surface area contributed by atoms with E-state index in [0.29, 0.717) is 6.04 Å². The Morgan fingerprint density at radius 3 is 2.81 bits per heavy atom. The van der Waals surface area contributed by atoms with Crippen molar-refractivity contribution in [3.63, 3.8) is 0 Å². The minimum Gasteiger partial charge on any atom is -0.373 e. The van der Waals surface area contributed by atoms with Gasteiger partial charge in [0.25, 0.3) is 0 Å². The molecule has 140 valence electrons. The lowest BCUT2D eigenvalue weighted by Crippen LogP contribution is -2.44. The summed E-state index contributed by atoms with van der Waals surface area (Å²) in [4.78, 5) is 9.23. The largest absolute Gasteiger partial charge is 0.373 e. The van der Waals surface area contributed by atoms with Gasteiger partial charge in [-0.25, -0.2) is 0 Å². The lowest BCUT2D eigenvalue weighted by Gasteiger charge is -2.39. The molecule has 0 radical (unpaired) electrons. The number of likely N-dealkylation sites (tertiary alicyclic amines) is 1. The summed E-state index contributed by atoms with van der Waals surface area (Å²) in [7, 11) is 4.34. The highest BCUT2D eigenvalue weighted by Crippen LogP contribution is 2.38. The van der Waals surface area contributed by atoms with Crippen molar-refractivity contribution < 1.29 is 4.74 Å². The van der Waals surface area contributed by atoms with Gasteiger partial charge in [-0.2, -0.15) is 0 Å². The highest BCUT2D eigenvalue weighted by Gasteiger charge is 2.43. The maximum atomic E-state index is 6.37. The van der Waals surface area contributed by atoms with E-state index in [4.69, 9.17) is 4.74 Å². The van der Waals surface area contributed by atoms with Crippen LogP contribution in [-0.4, -0.2) is 57.7 Å². The average molecular weight is 354 g/mol. The number of likely N-dealkylation sites (N-methyl/N-ethyl adjacent to an activating group) is 1. The normalized spacial score (nSPS) is 23.1. The fourth-order valence-corrected chi connectivity index (χ4v) is 4.37. The number of aromatic nitrogens is 2. The molecule has 0 N–H and O–H groups in total. The van der Waals surface area contributed by atoms with Crippen LogP contribution in [0.15, 0.2) is 42.9 Å². The molecule has 2 aromatic heterocycles. The van der Waals surface area contributed by atoms with Gasteiger partial charge < -0.3 is 9.30 Å². The second-order valence-electron chi connectivity index (χ2n) is 8.01. The van der Waals surface area contributed by atoms with Crippen LogP contribution < -0.4 is 0 Å². The van der Waals surface area contributed by atoms with Crippen molar-refractivity contribution in [2.75, 3.05) is 26.7 Å². The summed E-state index contributed by atoms with van der Waals surface area (Å²) < 4.78 is 8.59. The smallest absolute Gasteiger partial charge is 0.0723 e. The number of piperidine rings is 1. The summed E-state index contributed by atoms with van der Waals surface area (Å²) in [5, 5.41) is 0. The lowest BCUT2D eigenvalue weighted by atomic mass is 9.87. The Labute approximate surface area is 156 Å². The zero-order valence-electron chi connectivity index (χ0n) is 16.0. The van der Waals surface area contributed by atoms with E-state index in [1.165, 1.54) is 11.3 Å². The Kier molecular flexibility index (Phi) is 5.11. The van der Waals surface area contributed by atoms with Crippen LogP contribution in [-0.2, 0) is 24.9 Å². The molecule has 0 aliphatic carbocycles. The van der Waals surface area contributed by atoms with Crippen molar-refractivity contribution >= 4 is 0 Å². The van der Waals surface area contributed by atoms with E-state index in [9.17, 15) is 0 Å². The van der Waals surface area contributed by atoms with Crippen LogP contribution in [0.4, 0.5) is 0 Å². The molecule has 1 spiro atoms. The summed E-state index contributed by atoms with van der Waals surface area (Å²) in [6, 6.07) is 9.02. The van der Waals surface area contributed by atoms with E-state index in [1.807, 2.05) is 18.5 Å². The Bertz CT molecular complexity index is 706. The van der Waals surface area contributed by atoms with Gasteiger partial charge in [-0.15, -0.1) is 0 Å². The third-order valence-corrected chi connectivity index (χ3v) is 6.17. The summed E-state index contributed by atoms with van der Waals surface area (Å²) in [5.41, 5.74) is 2.76. The number of nitrogens with zero attached hydrogens (tertiary/aromatic N) is 4. The third-order valence-electron chi connectivity index (χ3n) is 6.17. The molecule has 0 aromatic carbocycles. The van der Waals surface area contributed by atoms with Crippen molar-refractivity contribution in [1.29, 1.82) is 0 Å². The molecule has 2 aromatic rings. The Hall–Kier alpha value is -1.69. The van der Waals surface area contributed by atoms with Crippen LogP contribution in [0, 0.1) is 0 Å². The van der Waals surface area contributed by atoms with Gasteiger partial charge in [0.15, 0.2) is 0 Å². The maximum absolute atomic E-state index is 6.37. The molecular formula is C21H30N4O. The summed E-state index contributed by atoms with van der Waals surface area (Å²) in [6.45, 7) is 5.10. The molecule has 1 atom stereocenters. The third kappa shape index (κ3) is 3.85. The number of rotatable bonds is 5. The van der Waals surface area contributed by atoms with Crippen molar-refractivity contribution in [3.8, 4) is 0 Å². The summed E-state index contributed by atoms with van der Waals surface area (Å²) in [6.07, 6.45) is 9.37. The predicted molar refractivity (Wildman–Crippen MR) is 103 cm³/mol. The molecule has 2 aliphatic rings. The van der Waals surface area contributed by atoms with E-state index in [1.54, 1.807) is 0 Å². The first-order valence-electron chi connectivity index (χ1n) is 9.69. The molecule has 0 saturated carbocycles. The van der Waals surface area contributed by atoms with Crippen molar-refractivity contribution in [1.82, 2.24) is 19.4 Å². The number of hydrogen-bond donors (Lipinski definition) is 0. The van der Waals surface area contributed by atoms with Gasteiger partial charge in [-0.05, 0) is 50.1 Å². The van der Waals surface area contributed by atoms with Crippen LogP contribution in [0.25, 0.3) is 0 Å². The molecule has 0 amide bonds. The molecule has 2 aliphatic heterocycles. The van der Waals surface area contributed by atoms with Gasteiger partial charge in [-0.3, -0.25) is 14.8 Å². The first-order valence-corrected chi connectivity index (χ1v) is 9.69. The van der Waals surface area contributed by atoms with E-state index >= 15 is 0 Å². The van der Waals surface area contributed by atoms with E-state index in [-0.39, 0.29) is 5.60 Å². The molecule has 26 heavy (non-hydrogen) atoms. The van der Waals surface area contributed by atoms with Crippen molar-refractivity contribution in [3.05, 3.63) is 54.1 Å². The molecule has 4 rings (SSSR count). The number of hydrogen-bond acceptors (Lipinski definition) is 4. The number of ether oxygens (including phenoxy) is 1. The molecule has 5 heteroatoms. The van der Waals surface area contributed by atoms with Gasteiger partial charge in [0.1, 0.15) is 0 Å². The van der Waals surface area contributed by atoms with E-state index in [2.05, 4.69) is 57.8 Å². The van der Waals surface area contributed by atoms with Crippen LogP contribution >= 0.6 is 0 Å². The highest BCUT2D eigenvalue weighted by molar-refractivity contribution is 5.09. The summed E-state index contributed by atoms with van der Waals surface area (Å²) in [5.74, 6) is 0. The monoisotopic (exact) mass is 354 g/mol. The fraction of sp³-hybridized carbons (Fsp3) is 0.571. The second-order valence-corrected chi connectivity index (χ2v) is 8.01. The molecule has 0 unspecified atom stereocenters. The molecule has 2 saturated heterocycles. The second kappa shape index (κ2) is 7.51. The SMILES string of the molecule is CN(Cc1cccnc1)[C@@H]1COC2(CCN(Cc3cccn3C)CC2)C1. The lowest BCUT2D eigenvalue weighted by molar-refractivity contribution is -0.0455. The molecule has 0 bridgehead atoms. The minimum absolute atomic E-state index is 0.0958. The van der Waals surface area contributed by atoms with Gasteiger partial charge in [-0.1, -0.05) is 6.07 Å². The first kappa shape index (κ1) is 17.7. The van der Waals surface area contributed by atoms with Crippen LogP contribution in [0.3, 0.4) is 0 Å². The zero-order valence-corrected chi connectivity index (χ0v) is 16.0. The highest BCUT2D eigenvalue weighted by atomic mass is 16.5. The van der Waals surface area contributed by atoms with Gasteiger partial charge >= 0.3 is 0 Å². The summed E-state index contributed by atoms with van der Waals surface area (Å²) >= 11 is 0. The van der Waals surface area contributed by atoms with Crippen LogP contribution in [0.1, 0.15) is 30.5 Å². The number of pyridine rings is 1. The van der Waals surface area contributed by atoms with Crippen molar-refractivity contribution in [2.24, 2.45) is 7.05 Å². The van der Waals surface area contributed by atoms with Gasteiger partial charge in [0.2, 0.25) is 0 Å². The Morgan fingerprint density at radius 1 is 1.27 bits per heavy atom. The van der Waals surface area contributed by atoms with Crippen LogP contribution in [0.5, 0.6) is 0 Å². The topological polar surface area (TPSA) is 33.5 Å². The van der Waals surface area contributed by atoms with Gasteiger partial charge in [0.05, 0.1) is 12.2 Å². The van der Waals surface area contributed by atoms with Crippen LogP contribution in [0.2, 0.25) is 0 Å². The predicted octanol–water partition coefficient (Wildman–Crippen LogP) is 2.68. The Morgan fingerprint density at radius 2 is 2.12 bits per heavy atom. The quantitative estimate of drug-likeness (QED) is 0.827. The minimum atomic E-state index is 0.0958. The first-order chi connectivity index (χ1) is 12.6. The zero-order chi connectivity index (χ0) is 18.0. The average Bonchev–Trinajstić information content (AvgIpc) is 3.25. The standard InChI is InChI=1S/C21H30N4O/c1-23-10-4-6-19(23)16-25-11-7-21(8-12-25)13-20(17-26-21)24(2)15-18-5-3-9-22-14-18/h3-6,9-10,14,20H,7-8,11-13,15-17H2,1-2H3/t20-/m0/s1. The van der Waals surface area contributed by atoms with E-state index in [0.717, 1.165) is 52.0 Å².